The molecule has 0 bridgehead atoms. The quantitative estimate of drug-likeness (QED) is 0.204. The van der Waals surface area contributed by atoms with Gasteiger partial charge in [-0.1, -0.05) is 105 Å². The van der Waals surface area contributed by atoms with E-state index in [0.717, 1.165) is 56.0 Å². The van der Waals surface area contributed by atoms with Gasteiger partial charge in [0, 0.05) is 40.2 Å². The molecular formula is C45H46N4O. The summed E-state index contributed by atoms with van der Waals surface area (Å²) in [6.45, 7) is 20.3. The van der Waals surface area contributed by atoms with E-state index in [2.05, 4.69) is 128 Å². The van der Waals surface area contributed by atoms with Gasteiger partial charge in [-0.2, -0.15) is 0 Å². The van der Waals surface area contributed by atoms with Crippen LogP contribution >= 0.6 is 0 Å². The Hall–Kier alpha value is -5.29. The fourth-order valence-electron chi connectivity index (χ4n) is 6.84. The number of para-hydroxylation sites is 2. The van der Waals surface area contributed by atoms with Crippen molar-refractivity contribution in [2.24, 2.45) is 0 Å². The third-order valence-corrected chi connectivity index (χ3v) is 9.69. The lowest BCUT2D eigenvalue weighted by Gasteiger charge is -2.25. The molecule has 50 heavy (non-hydrogen) atoms. The van der Waals surface area contributed by atoms with Crippen molar-refractivity contribution in [3.8, 4) is 45.2 Å². The SMILES string of the molecule is CC(C)(C)c1ccc(-n2c(-c3cc(-c4cc(C(C)(C)C)cc5c(C(C)(C)C)ccnc45)ccn3)nc3c(-c4ccccc4O)cccc32)cc1. The maximum Gasteiger partial charge on any atom is 0.164 e. The minimum Gasteiger partial charge on any atom is -0.507 e. The molecule has 0 fully saturated rings. The summed E-state index contributed by atoms with van der Waals surface area (Å²) >= 11 is 0. The van der Waals surface area contributed by atoms with Crippen LogP contribution in [0, 0.1) is 0 Å². The normalized spacial score (nSPS) is 12.6. The molecule has 5 heteroatoms. The van der Waals surface area contributed by atoms with Crippen molar-refractivity contribution in [2.45, 2.75) is 78.6 Å². The van der Waals surface area contributed by atoms with E-state index in [9.17, 15) is 5.11 Å². The Labute approximate surface area is 295 Å². The maximum atomic E-state index is 10.9. The van der Waals surface area contributed by atoms with Crippen molar-refractivity contribution in [3.05, 3.63) is 126 Å². The Bertz CT molecular complexity index is 2380. The van der Waals surface area contributed by atoms with Crippen LogP contribution in [0.25, 0.3) is 61.4 Å². The largest absolute Gasteiger partial charge is 0.507 e. The second kappa shape index (κ2) is 11.9. The number of hydrogen-bond donors (Lipinski definition) is 1. The van der Waals surface area contributed by atoms with Crippen molar-refractivity contribution in [2.75, 3.05) is 0 Å². The molecule has 1 N–H and O–H groups in total. The van der Waals surface area contributed by atoms with E-state index in [1.54, 1.807) is 6.07 Å². The predicted molar refractivity (Wildman–Crippen MR) is 208 cm³/mol. The van der Waals surface area contributed by atoms with Gasteiger partial charge in [-0.25, -0.2) is 4.98 Å². The molecule has 0 atom stereocenters. The minimum absolute atomic E-state index is 0.0253. The topological polar surface area (TPSA) is 63.8 Å². The third kappa shape index (κ3) is 5.95. The van der Waals surface area contributed by atoms with E-state index in [0.29, 0.717) is 0 Å². The monoisotopic (exact) mass is 658 g/mol. The van der Waals surface area contributed by atoms with Gasteiger partial charge in [-0.3, -0.25) is 14.5 Å². The number of rotatable bonds is 4. The average molecular weight is 659 g/mol. The molecule has 4 aromatic carbocycles. The zero-order chi connectivity index (χ0) is 35.6. The van der Waals surface area contributed by atoms with Gasteiger partial charge in [0.25, 0.3) is 0 Å². The highest BCUT2D eigenvalue weighted by Crippen LogP contribution is 2.41. The first-order valence-electron chi connectivity index (χ1n) is 17.4. The van der Waals surface area contributed by atoms with E-state index in [1.165, 1.54) is 22.1 Å². The van der Waals surface area contributed by atoms with Crippen LogP contribution in [-0.2, 0) is 16.2 Å². The molecule has 3 aromatic heterocycles. The Kier molecular flexibility index (Phi) is 7.93. The predicted octanol–water partition coefficient (Wildman–Crippen LogP) is 11.6. The van der Waals surface area contributed by atoms with E-state index in [4.69, 9.17) is 15.0 Å². The molecule has 0 spiro atoms. The molecule has 7 rings (SSSR count). The Morgan fingerprint density at radius 3 is 1.92 bits per heavy atom. The lowest BCUT2D eigenvalue weighted by Crippen LogP contribution is -2.15. The first-order chi connectivity index (χ1) is 23.6. The number of hydrogen-bond acceptors (Lipinski definition) is 4. The molecule has 0 saturated heterocycles. The molecule has 0 amide bonds. The van der Waals surface area contributed by atoms with E-state index < -0.39 is 0 Å². The summed E-state index contributed by atoms with van der Waals surface area (Å²) in [5.41, 5.74) is 11.9. The standard InChI is InChI=1S/C45H46N4O/c1-43(2,3)29-17-19-31(20-18-29)49-38-15-12-14-33(32-13-10-11-16-39(32)50)41(38)48-42(49)37-25-28(21-23-46-37)34-26-30(44(4,5)6)27-35-36(45(7,8)9)22-24-47-40(34)35/h10-27,50H,1-9H3. The van der Waals surface area contributed by atoms with Gasteiger partial charge < -0.3 is 5.11 Å². The van der Waals surface area contributed by atoms with Crippen molar-refractivity contribution in [3.63, 3.8) is 0 Å². The summed E-state index contributed by atoms with van der Waals surface area (Å²) in [7, 11) is 0. The van der Waals surface area contributed by atoms with Crippen LogP contribution in [0.3, 0.4) is 0 Å². The van der Waals surface area contributed by atoms with E-state index in [-0.39, 0.29) is 22.0 Å². The van der Waals surface area contributed by atoms with Gasteiger partial charge in [0.15, 0.2) is 5.82 Å². The van der Waals surface area contributed by atoms with Gasteiger partial charge >= 0.3 is 0 Å². The molecule has 0 unspecified atom stereocenters. The number of phenolic OH excluding ortho intramolecular Hbond substituents is 1. The second-order valence-corrected chi connectivity index (χ2v) is 16.5. The molecule has 0 saturated carbocycles. The molecule has 5 nitrogen and oxygen atoms in total. The third-order valence-electron chi connectivity index (χ3n) is 9.69. The number of phenols is 1. The van der Waals surface area contributed by atoms with Crippen LogP contribution in [0.1, 0.15) is 79.0 Å². The zero-order valence-electron chi connectivity index (χ0n) is 30.6. The average Bonchev–Trinajstić information content (AvgIpc) is 3.47. The van der Waals surface area contributed by atoms with Gasteiger partial charge in [-0.15, -0.1) is 0 Å². The number of aromatic nitrogens is 4. The molecule has 3 heterocycles. The Morgan fingerprint density at radius 2 is 1.24 bits per heavy atom. The molecule has 252 valence electrons. The number of benzene rings is 4. The first-order valence-corrected chi connectivity index (χ1v) is 17.4. The van der Waals surface area contributed by atoms with Crippen LogP contribution in [-0.4, -0.2) is 24.6 Å². The smallest absolute Gasteiger partial charge is 0.164 e. The summed E-state index contributed by atoms with van der Waals surface area (Å²) in [5.74, 6) is 0.950. The summed E-state index contributed by atoms with van der Waals surface area (Å²) in [5, 5.41) is 12.1. The minimum atomic E-state index is -0.0591. The zero-order valence-corrected chi connectivity index (χ0v) is 30.6. The molecule has 0 aliphatic carbocycles. The highest BCUT2D eigenvalue weighted by Gasteiger charge is 2.25. The summed E-state index contributed by atoms with van der Waals surface area (Å²) in [6, 6.07) is 33.3. The molecular weight excluding hydrogens is 613 g/mol. The van der Waals surface area contributed by atoms with Crippen LogP contribution in [0.15, 0.2) is 109 Å². The van der Waals surface area contributed by atoms with Crippen LogP contribution in [0.2, 0.25) is 0 Å². The number of aromatic hydroxyl groups is 1. The molecule has 0 aliphatic rings. The summed E-state index contributed by atoms with van der Waals surface area (Å²) < 4.78 is 2.19. The number of imidazole rings is 1. The number of nitrogens with zero attached hydrogens (tertiary/aromatic N) is 4. The fraction of sp³-hybridized carbons (Fsp3) is 0.267. The Morgan fingerprint density at radius 1 is 0.560 bits per heavy atom. The highest BCUT2D eigenvalue weighted by atomic mass is 16.3. The van der Waals surface area contributed by atoms with Crippen molar-refractivity contribution < 1.29 is 5.11 Å². The van der Waals surface area contributed by atoms with Crippen molar-refractivity contribution >= 4 is 21.9 Å². The van der Waals surface area contributed by atoms with Crippen LogP contribution < -0.4 is 0 Å². The second-order valence-electron chi connectivity index (χ2n) is 16.5. The Balaban J connectivity index is 1.50. The van der Waals surface area contributed by atoms with Gasteiger partial charge in [0.1, 0.15) is 11.4 Å². The number of fused-ring (bicyclic) bond motifs is 2. The molecule has 7 aromatic rings. The fourth-order valence-corrected chi connectivity index (χ4v) is 6.84. The lowest BCUT2D eigenvalue weighted by atomic mass is 9.80. The first kappa shape index (κ1) is 33.2. The molecule has 0 aliphatic heterocycles. The van der Waals surface area contributed by atoms with Gasteiger partial charge in [0.05, 0.1) is 16.6 Å². The van der Waals surface area contributed by atoms with Crippen molar-refractivity contribution in [1.29, 1.82) is 0 Å². The molecule has 0 radical (unpaired) electrons. The van der Waals surface area contributed by atoms with Gasteiger partial charge in [-0.05, 0) is 93.1 Å². The highest BCUT2D eigenvalue weighted by molar-refractivity contribution is 5.99. The summed E-state index contributed by atoms with van der Waals surface area (Å²) in [4.78, 5) is 15.2. The lowest BCUT2D eigenvalue weighted by molar-refractivity contribution is 0.477. The maximum absolute atomic E-state index is 10.9. The van der Waals surface area contributed by atoms with Crippen LogP contribution in [0.5, 0.6) is 5.75 Å². The summed E-state index contributed by atoms with van der Waals surface area (Å²) in [6.07, 6.45) is 3.82. The van der Waals surface area contributed by atoms with E-state index >= 15 is 0 Å². The van der Waals surface area contributed by atoms with Crippen molar-refractivity contribution in [1.82, 2.24) is 19.5 Å². The van der Waals surface area contributed by atoms with E-state index in [1.807, 2.05) is 42.7 Å². The number of pyridine rings is 2. The van der Waals surface area contributed by atoms with Gasteiger partial charge in [0.2, 0.25) is 0 Å². The van der Waals surface area contributed by atoms with Crippen LogP contribution in [0.4, 0.5) is 0 Å².